The van der Waals surface area contributed by atoms with Gasteiger partial charge in [-0.05, 0) is 54.8 Å². The number of nitrogens with zero attached hydrogens (tertiary/aromatic N) is 1. The molecular formula is C21H24N2O4. The largest absolute Gasteiger partial charge is 0.479 e. The lowest BCUT2D eigenvalue weighted by Crippen LogP contribution is -2.36. The molecule has 1 aliphatic heterocycles. The summed E-state index contributed by atoms with van der Waals surface area (Å²) in [6.07, 6.45) is 0. The highest BCUT2D eigenvalue weighted by atomic mass is 16.5. The molecule has 6 nitrogen and oxygen atoms in total. The first-order chi connectivity index (χ1) is 13.0. The smallest absolute Gasteiger partial charge is 0.330 e. The molecule has 1 aliphatic rings. The van der Waals surface area contributed by atoms with Crippen LogP contribution in [0.2, 0.25) is 0 Å². The molecule has 1 fully saturated rings. The Kier molecular flexibility index (Phi) is 5.76. The van der Waals surface area contributed by atoms with Crippen LogP contribution in [0.4, 0.5) is 5.69 Å². The van der Waals surface area contributed by atoms with Gasteiger partial charge in [-0.2, -0.15) is 0 Å². The predicted octanol–water partition coefficient (Wildman–Crippen LogP) is 2.70. The fourth-order valence-corrected chi connectivity index (χ4v) is 3.22. The van der Waals surface area contributed by atoms with Crippen LogP contribution in [-0.4, -0.2) is 43.3 Å². The number of anilines is 1. The van der Waals surface area contributed by atoms with Crippen molar-refractivity contribution in [2.75, 3.05) is 31.2 Å². The molecule has 0 spiro atoms. The van der Waals surface area contributed by atoms with Crippen LogP contribution in [0, 0.1) is 13.8 Å². The summed E-state index contributed by atoms with van der Waals surface area (Å²) in [7, 11) is 0. The van der Waals surface area contributed by atoms with Gasteiger partial charge in [0.25, 0.3) is 5.91 Å². The van der Waals surface area contributed by atoms with Crippen LogP contribution in [0.5, 0.6) is 0 Å². The molecule has 6 heteroatoms. The van der Waals surface area contributed by atoms with E-state index in [1.54, 1.807) is 24.3 Å². The number of aliphatic carboxylic acids is 1. The molecule has 27 heavy (non-hydrogen) atoms. The number of ether oxygens (including phenoxy) is 1. The number of carboxylic acid groups (broad SMARTS) is 1. The standard InChI is InChI=1S/C21H24N2O4/c1-14-4-3-5-18(15(14)2)19(21(25)26)22-20(24)16-6-8-17(9-7-16)23-10-12-27-13-11-23/h3-9,19H,10-13H2,1-2H3,(H,22,24)(H,25,26). The normalized spacial score (nSPS) is 15.3. The van der Waals surface area contributed by atoms with Gasteiger partial charge in [0.05, 0.1) is 13.2 Å². The second kappa shape index (κ2) is 8.22. The summed E-state index contributed by atoms with van der Waals surface area (Å²) >= 11 is 0. The molecule has 1 amide bonds. The van der Waals surface area contributed by atoms with Crippen molar-refractivity contribution < 1.29 is 19.4 Å². The zero-order valence-electron chi connectivity index (χ0n) is 15.6. The summed E-state index contributed by atoms with van der Waals surface area (Å²) in [6.45, 7) is 6.81. The van der Waals surface area contributed by atoms with Crippen molar-refractivity contribution in [1.29, 1.82) is 0 Å². The van der Waals surface area contributed by atoms with Crippen LogP contribution in [-0.2, 0) is 9.53 Å². The van der Waals surface area contributed by atoms with Gasteiger partial charge in [-0.25, -0.2) is 4.79 Å². The van der Waals surface area contributed by atoms with Crippen LogP contribution in [0.15, 0.2) is 42.5 Å². The van der Waals surface area contributed by atoms with E-state index in [9.17, 15) is 14.7 Å². The van der Waals surface area contributed by atoms with Crippen LogP contribution >= 0.6 is 0 Å². The number of morpholine rings is 1. The molecule has 0 aromatic heterocycles. The minimum atomic E-state index is -1.09. The lowest BCUT2D eigenvalue weighted by molar-refractivity contribution is -0.139. The van der Waals surface area contributed by atoms with E-state index in [0.29, 0.717) is 24.3 Å². The van der Waals surface area contributed by atoms with E-state index < -0.39 is 17.9 Å². The first-order valence-corrected chi connectivity index (χ1v) is 9.00. The van der Waals surface area contributed by atoms with Crippen molar-refractivity contribution in [1.82, 2.24) is 5.32 Å². The van der Waals surface area contributed by atoms with Crippen molar-refractivity contribution >= 4 is 17.6 Å². The second-order valence-electron chi connectivity index (χ2n) is 6.68. The van der Waals surface area contributed by atoms with Gasteiger partial charge in [-0.15, -0.1) is 0 Å². The van der Waals surface area contributed by atoms with E-state index in [2.05, 4.69) is 10.2 Å². The molecule has 1 unspecified atom stereocenters. The summed E-state index contributed by atoms with van der Waals surface area (Å²) < 4.78 is 5.35. The highest BCUT2D eigenvalue weighted by molar-refractivity contribution is 5.97. The number of aryl methyl sites for hydroxylation is 1. The Labute approximate surface area is 158 Å². The van der Waals surface area contributed by atoms with Gasteiger partial charge in [-0.3, -0.25) is 4.79 Å². The van der Waals surface area contributed by atoms with Gasteiger partial charge in [-0.1, -0.05) is 18.2 Å². The van der Waals surface area contributed by atoms with Crippen molar-refractivity contribution in [3.63, 3.8) is 0 Å². The van der Waals surface area contributed by atoms with E-state index in [4.69, 9.17) is 4.74 Å². The summed E-state index contributed by atoms with van der Waals surface area (Å²) in [5.41, 5.74) is 3.92. The van der Waals surface area contributed by atoms with Crippen molar-refractivity contribution in [3.05, 3.63) is 64.7 Å². The van der Waals surface area contributed by atoms with Gasteiger partial charge in [0.15, 0.2) is 6.04 Å². The quantitative estimate of drug-likeness (QED) is 0.848. The number of carboxylic acids is 1. The van der Waals surface area contributed by atoms with Crippen LogP contribution in [0.3, 0.4) is 0 Å². The molecule has 0 bridgehead atoms. The fraction of sp³-hybridized carbons (Fsp3) is 0.333. The predicted molar refractivity (Wildman–Crippen MR) is 103 cm³/mol. The fourth-order valence-electron chi connectivity index (χ4n) is 3.22. The monoisotopic (exact) mass is 368 g/mol. The Morgan fingerprint density at radius 1 is 1.07 bits per heavy atom. The van der Waals surface area contributed by atoms with E-state index in [1.807, 2.05) is 32.0 Å². The van der Waals surface area contributed by atoms with Crippen LogP contribution < -0.4 is 10.2 Å². The molecule has 1 atom stereocenters. The molecule has 0 radical (unpaired) electrons. The molecule has 1 saturated heterocycles. The SMILES string of the molecule is Cc1cccc(C(NC(=O)c2ccc(N3CCOCC3)cc2)C(=O)O)c1C. The van der Waals surface area contributed by atoms with Gasteiger partial charge < -0.3 is 20.1 Å². The Balaban J connectivity index is 1.76. The molecule has 2 N–H and O–H groups in total. The third-order valence-corrected chi connectivity index (χ3v) is 4.99. The minimum absolute atomic E-state index is 0.406. The van der Waals surface area contributed by atoms with Crippen molar-refractivity contribution in [2.45, 2.75) is 19.9 Å². The number of carbonyl (C=O) groups excluding carboxylic acids is 1. The molecule has 2 aromatic rings. The minimum Gasteiger partial charge on any atom is -0.479 e. The summed E-state index contributed by atoms with van der Waals surface area (Å²) in [4.78, 5) is 26.6. The summed E-state index contributed by atoms with van der Waals surface area (Å²) in [5, 5.41) is 12.3. The van der Waals surface area contributed by atoms with Crippen LogP contribution in [0.25, 0.3) is 0 Å². The number of nitrogens with one attached hydrogen (secondary N) is 1. The summed E-state index contributed by atoms with van der Waals surface area (Å²) in [6, 6.07) is 11.6. The lowest BCUT2D eigenvalue weighted by Gasteiger charge is -2.28. The first kappa shape index (κ1) is 18.9. The van der Waals surface area contributed by atoms with Gasteiger partial charge in [0.2, 0.25) is 0 Å². The number of amides is 1. The molecule has 1 heterocycles. The topological polar surface area (TPSA) is 78.9 Å². The summed E-state index contributed by atoms with van der Waals surface area (Å²) in [5.74, 6) is -1.49. The molecule has 3 rings (SSSR count). The van der Waals surface area contributed by atoms with Gasteiger partial charge in [0, 0.05) is 24.3 Å². The maximum Gasteiger partial charge on any atom is 0.330 e. The van der Waals surface area contributed by atoms with Crippen LogP contribution in [0.1, 0.15) is 33.1 Å². The van der Waals surface area contributed by atoms with E-state index in [0.717, 1.165) is 29.9 Å². The van der Waals surface area contributed by atoms with Crippen molar-refractivity contribution in [2.24, 2.45) is 0 Å². The number of carbonyl (C=O) groups is 2. The average molecular weight is 368 g/mol. The third-order valence-electron chi connectivity index (χ3n) is 4.99. The number of hydrogen-bond acceptors (Lipinski definition) is 4. The lowest BCUT2D eigenvalue weighted by atomic mass is 9.97. The Morgan fingerprint density at radius 2 is 1.74 bits per heavy atom. The highest BCUT2D eigenvalue weighted by Crippen LogP contribution is 2.22. The van der Waals surface area contributed by atoms with E-state index in [-0.39, 0.29) is 0 Å². The highest BCUT2D eigenvalue weighted by Gasteiger charge is 2.24. The van der Waals surface area contributed by atoms with Gasteiger partial charge in [0.1, 0.15) is 0 Å². The van der Waals surface area contributed by atoms with Gasteiger partial charge >= 0.3 is 5.97 Å². The Morgan fingerprint density at radius 3 is 2.37 bits per heavy atom. The second-order valence-corrected chi connectivity index (χ2v) is 6.68. The Hall–Kier alpha value is -2.86. The number of rotatable bonds is 5. The zero-order chi connectivity index (χ0) is 19.4. The van der Waals surface area contributed by atoms with E-state index in [1.165, 1.54) is 0 Å². The Bertz CT molecular complexity index is 827. The molecule has 2 aromatic carbocycles. The molecule has 142 valence electrons. The first-order valence-electron chi connectivity index (χ1n) is 9.00. The zero-order valence-corrected chi connectivity index (χ0v) is 15.6. The number of hydrogen-bond donors (Lipinski definition) is 2. The van der Waals surface area contributed by atoms with E-state index >= 15 is 0 Å². The molecule has 0 saturated carbocycles. The van der Waals surface area contributed by atoms with Crippen molar-refractivity contribution in [3.8, 4) is 0 Å². The maximum atomic E-state index is 12.6. The number of benzene rings is 2. The molecular weight excluding hydrogens is 344 g/mol. The third kappa shape index (κ3) is 4.28. The molecule has 0 aliphatic carbocycles. The maximum absolute atomic E-state index is 12.6. The average Bonchev–Trinajstić information content (AvgIpc) is 2.69.